The second kappa shape index (κ2) is 9.78. The second-order valence-electron chi connectivity index (χ2n) is 5.48. The van der Waals surface area contributed by atoms with Gasteiger partial charge in [-0.15, -0.1) is 0 Å². The molecule has 0 aliphatic carbocycles. The second-order valence-corrected chi connectivity index (χ2v) is 5.48. The van der Waals surface area contributed by atoms with Gasteiger partial charge < -0.3 is 26.6 Å². The predicted molar refractivity (Wildman–Crippen MR) is 81.5 cm³/mol. The number of nitrogens with one attached hydrogen (secondary N) is 2. The fourth-order valence-corrected chi connectivity index (χ4v) is 1.76. The Kier molecular flexibility index (Phi) is 8.86. The van der Waals surface area contributed by atoms with E-state index in [0.717, 1.165) is 0 Å². The van der Waals surface area contributed by atoms with Gasteiger partial charge in [-0.3, -0.25) is 14.4 Å². The number of carboxylic acids is 2. The number of carbonyl (C=O) groups is 4. The van der Waals surface area contributed by atoms with Gasteiger partial charge in [0, 0.05) is 6.42 Å². The number of carboxylic acid groups (broad SMARTS) is 2. The van der Waals surface area contributed by atoms with Crippen LogP contribution in [0.15, 0.2) is 0 Å². The van der Waals surface area contributed by atoms with Crippen LogP contribution < -0.4 is 16.4 Å². The van der Waals surface area contributed by atoms with Crippen molar-refractivity contribution >= 4 is 23.8 Å². The Morgan fingerprint density at radius 3 is 2.04 bits per heavy atom. The molecule has 0 bridgehead atoms. The SMILES string of the molecule is CC[C@H](C)[C@H](NC(=O)[C@H](C)NC(=O)[C@@H](N)CCC(=O)O)C(=O)O. The molecule has 0 saturated heterocycles. The molecule has 0 aromatic carbocycles. The van der Waals surface area contributed by atoms with E-state index in [-0.39, 0.29) is 18.8 Å². The highest BCUT2D eigenvalue weighted by atomic mass is 16.4. The lowest BCUT2D eigenvalue weighted by Gasteiger charge is -2.23. The Balaban J connectivity index is 4.56. The maximum absolute atomic E-state index is 12.0. The maximum Gasteiger partial charge on any atom is 0.326 e. The Labute approximate surface area is 134 Å². The highest BCUT2D eigenvalue weighted by Crippen LogP contribution is 2.08. The molecule has 23 heavy (non-hydrogen) atoms. The molecule has 0 aliphatic rings. The molecular weight excluding hydrogens is 306 g/mol. The summed E-state index contributed by atoms with van der Waals surface area (Å²) in [6, 6.07) is -3.08. The largest absolute Gasteiger partial charge is 0.481 e. The van der Waals surface area contributed by atoms with Crippen molar-refractivity contribution in [2.24, 2.45) is 11.7 Å². The van der Waals surface area contributed by atoms with Gasteiger partial charge in [0.1, 0.15) is 12.1 Å². The Morgan fingerprint density at radius 1 is 1.04 bits per heavy atom. The minimum absolute atomic E-state index is 0.0554. The van der Waals surface area contributed by atoms with Gasteiger partial charge >= 0.3 is 11.9 Å². The van der Waals surface area contributed by atoms with E-state index in [1.807, 2.05) is 0 Å². The smallest absolute Gasteiger partial charge is 0.326 e. The van der Waals surface area contributed by atoms with Gasteiger partial charge in [-0.05, 0) is 19.3 Å². The summed E-state index contributed by atoms with van der Waals surface area (Å²) >= 11 is 0. The number of amides is 2. The zero-order valence-corrected chi connectivity index (χ0v) is 13.5. The standard InChI is InChI=1S/C14H25N3O6/c1-4-7(2)11(14(22)23)17-12(20)8(3)16-13(21)9(15)5-6-10(18)19/h7-9,11H,4-6,15H2,1-3H3,(H,16,21)(H,17,20)(H,18,19)(H,22,23)/t7-,8-,9-,11-/m0/s1. The molecule has 0 unspecified atom stereocenters. The zero-order chi connectivity index (χ0) is 18.2. The number of aliphatic carboxylic acids is 2. The molecule has 0 aliphatic heterocycles. The van der Waals surface area contributed by atoms with E-state index in [0.29, 0.717) is 6.42 Å². The summed E-state index contributed by atoms with van der Waals surface area (Å²) in [5, 5.41) is 22.4. The van der Waals surface area contributed by atoms with Crippen LogP contribution in [0, 0.1) is 5.92 Å². The minimum Gasteiger partial charge on any atom is -0.481 e. The van der Waals surface area contributed by atoms with Crippen LogP contribution in [0.3, 0.4) is 0 Å². The van der Waals surface area contributed by atoms with Gasteiger partial charge in [-0.25, -0.2) is 4.79 Å². The summed E-state index contributed by atoms with van der Waals surface area (Å²) in [5.74, 6) is -3.79. The number of hydrogen-bond donors (Lipinski definition) is 5. The average molecular weight is 331 g/mol. The maximum atomic E-state index is 12.0. The van der Waals surface area contributed by atoms with Crippen molar-refractivity contribution in [3.63, 3.8) is 0 Å². The Morgan fingerprint density at radius 2 is 1.61 bits per heavy atom. The van der Waals surface area contributed by atoms with Crippen LogP contribution in [0.4, 0.5) is 0 Å². The van der Waals surface area contributed by atoms with Crippen LogP contribution in [0.2, 0.25) is 0 Å². The minimum atomic E-state index is -1.15. The summed E-state index contributed by atoms with van der Waals surface area (Å²) < 4.78 is 0. The lowest BCUT2D eigenvalue weighted by Crippen LogP contribution is -2.54. The summed E-state index contributed by atoms with van der Waals surface area (Å²) in [6.45, 7) is 4.90. The first-order valence-corrected chi connectivity index (χ1v) is 7.41. The summed E-state index contributed by atoms with van der Waals surface area (Å²) in [6.07, 6.45) is 0.252. The van der Waals surface area contributed by atoms with Crippen molar-refractivity contribution in [2.75, 3.05) is 0 Å². The molecular formula is C14H25N3O6. The van der Waals surface area contributed by atoms with E-state index < -0.39 is 41.9 Å². The van der Waals surface area contributed by atoms with Gasteiger partial charge in [-0.2, -0.15) is 0 Å². The lowest BCUT2D eigenvalue weighted by atomic mass is 9.99. The summed E-state index contributed by atoms with van der Waals surface area (Å²) in [7, 11) is 0. The molecule has 0 heterocycles. The van der Waals surface area contributed by atoms with Crippen LogP contribution in [-0.2, 0) is 19.2 Å². The quantitative estimate of drug-likeness (QED) is 0.354. The number of nitrogens with two attached hydrogens (primary N) is 1. The fraction of sp³-hybridized carbons (Fsp3) is 0.714. The Bertz CT molecular complexity index is 454. The third kappa shape index (κ3) is 7.59. The van der Waals surface area contributed by atoms with Crippen molar-refractivity contribution in [1.29, 1.82) is 0 Å². The highest BCUT2D eigenvalue weighted by molar-refractivity contribution is 5.91. The van der Waals surface area contributed by atoms with Crippen molar-refractivity contribution in [3.05, 3.63) is 0 Å². The van der Waals surface area contributed by atoms with Gasteiger partial charge in [-0.1, -0.05) is 20.3 Å². The normalized spacial score (nSPS) is 15.8. The van der Waals surface area contributed by atoms with Crippen LogP contribution in [0.1, 0.15) is 40.0 Å². The molecule has 6 N–H and O–H groups in total. The number of hydrogen-bond acceptors (Lipinski definition) is 5. The molecule has 0 aromatic rings. The molecule has 0 saturated carbocycles. The van der Waals surface area contributed by atoms with Gasteiger partial charge in [0.2, 0.25) is 11.8 Å². The Hall–Kier alpha value is -2.16. The van der Waals surface area contributed by atoms with Crippen LogP contribution in [-0.4, -0.2) is 52.1 Å². The fourth-order valence-electron chi connectivity index (χ4n) is 1.76. The van der Waals surface area contributed by atoms with Crippen LogP contribution in [0.25, 0.3) is 0 Å². The number of carbonyl (C=O) groups excluding carboxylic acids is 2. The third-order valence-electron chi connectivity index (χ3n) is 3.53. The van der Waals surface area contributed by atoms with Gasteiger partial charge in [0.05, 0.1) is 6.04 Å². The highest BCUT2D eigenvalue weighted by Gasteiger charge is 2.28. The van der Waals surface area contributed by atoms with Crippen molar-refractivity contribution in [1.82, 2.24) is 10.6 Å². The molecule has 0 radical (unpaired) electrons. The molecule has 0 spiro atoms. The van der Waals surface area contributed by atoms with Gasteiger partial charge in [0.15, 0.2) is 0 Å². The first-order chi connectivity index (χ1) is 10.6. The van der Waals surface area contributed by atoms with Gasteiger partial charge in [0.25, 0.3) is 0 Å². The molecule has 0 fully saturated rings. The first-order valence-electron chi connectivity index (χ1n) is 7.41. The molecule has 0 rings (SSSR count). The topological polar surface area (TPSA) is 159 Å². The molecule has 9 nitrogen and oxygen atoms in total. The first kappa shape index (κ1) is 20.8. The third-order valence-corrected chi connectivity index (χ3v) is 3.53. The predicted octanol–water partition coefficient (Wildman–Crippen LogP) is -0.701. The molecule has 132 valence electrons. The number of rotatable bonds is 10. The molecule has 9 heteroatoms. The summed E-state index contributed by atoms with van der Waals surface area (Å²) in [4.78, 5) is 45.3. The van der Waals surface area contributed by atoms with Crippen molar-refractivity contribution in [3.8, 4) is 0 Å². The molecule has 2 amide bonds. The van der Waals surface area contributed by atoms with Crippen molar-refractivity contribution in [2.45, 2.75) is 58.2 Å². The van der Waals surface area contributed by atoms with E-state index in [9.17, 15) is 19.2 Å². The van der Waals surface area contributed by atoms with Crippen LogP contribution in [0.5, 0.6) is 0 Å². The lowest BCUT2D eigenvalue weighted by molar-refractivity contribution is -0.143. The average Bonchev–Trinajstić information content (AvgIpc) is 2.48. The zero-order valence-electron chi connectivity index (χ0n) is 13.5. The van der Waals surface area contributed by atoms with Crippen molar-refractivity contribution < 1.29 is 29.4 Å². The van der Waals surface area contributed by atoms with E-state index in [4.69, 9.17) is 15.9 Å². The monoisotopic (exact) mass is 331 g/mol. The molecule has 0 aromatic heterocycles. The van der Waals surface area contributed by atoms with E-state index >= 15 is 0 Å². The van der Waals surface area contributed by atoms with Crippen LogP contribution >= 0.6 is 0 Å². The van der Waals surface area contributed by atoms with E-state index in [1.165, 1.54) is 6.92 Å². The molecule has 4 atom stereocenters. The van der Waals surface area contributed by atoms with E-state index in [1.54, 1.807) is 13.8 Å². The summed E-state index contributed by atoms with van der Waals surface area (Å²) in [5.41, 5.74) is 5.53. The van der Waals surface area contributed by atoms with E-state index in [2.05, 4.69) is 10.6 Å².